The van der Waals surface area contributed by atoms with Crippen molar-refractivity contribution >= 4 is 29.9 Å². The van der Waals surface area contributed by atoms with Crippen LogP contribution in [0.15, 0.2) is 41.8 Å². The van der Waals surface area contributed by atoms with E-state index in [2.05, 4.69) is 31.4 Å². The smallest absolute Gasteiger partial charge is 0.193 e. The van der Waals surface area contributed by atoms with Crippen LogP contribution < -0.4 is 5.32 Å². The Labute approximate surface area is 172 Å². The first-order chi connectivity index (χ1) is 12.3. The normalized spacial score (nSPS) is 19.0. The van der Waals surface area contributed by atoms with E-state index in [1.54, 1.807) is 10.9 Å². The molecule has 140 valence electrons. The summed E-state index contributed by atoms with van der Waals surface area (Å²) in [4.78, 5) is 11.3. The highest BCUT2D eigenvalue weighted by molar-refractivity contribution is 14.0. The first kappa shape index (κ1) is 19.1. The first-order valence-corrected chi connectivity index (χ1v) is 9.19. The lowest BCUT2D eigenvalue weighted by Gasteiger charge is -2.26. The van der Waals surface area contributed by atoms with Gasteiger partial charge in [0.25, 0.3) is 0 Å². The van der Waals surface area contributed by atoms with Gasteiger partial charge in [0, 0.05) is 45.3 Å². The van der Waals surface area contributed by atoms with Crippen molar-refractivity contribution in [1.29, 1.82) is 0 Å². The van der Waals surface area contributed by atoms with Gasteiger partial charge in [0.05, 0.1) is 0 Å². The molecule has 0 amide bonds. The fourth-order valence-corrected chi connectivity index (χ4v) is 4.26. The number of nitrogens with one attached hydrogen (secondary N) is 1. The lowest BCUT2D eigenvalue weighted by Crippen LogP contribution is -2.40. The molecule has 1 aliphatic heterocycles. The molecule has 3 heterocycles. The Hall–Kier alpha value is -1.64. The summed E-state index contributed by atoms with van der Waals surface area (Å²) in [7, 11) is 1.88. The summed E-state index contributed by atoms with van der Waals surface area (Å²) in [6.07, 6.45) is 12.4. The van der Waals surface area contributed by atoms with Gasteiger partial charge in [-0.3, -0.25) is 4.99 Å². The minimum Gasteiger partial charge on any atom is -0.352 e. The van der Waals surface area contributed by atoms with Crippen molar-refractivity contribution in [2.45, 2.75) is 38.6 Å². The lowest BCUT2D eigenvalue weighted by atomic mass is 9.86. The Kier molecular flexibility index (Phi) is 6.16. The van der Waals surface area contributed by atoms with Crippen molar-refractivity contribution in [3.63, 3.8) is 0 Å². The van der Waals surface area contributed by atoms with Crippen LogP contribution >= 0.6 is 24.0 Å². The number of aromatic nitrogens is 3. The topological polar surface area (TPSA) is 58.3 Å². The van der Waals surface area contributed by atoms with Gasteiger partial charge in [-0.25, -0.2) is 9.67 Å². The van der Waals surface area contributed by atoms with Crippen LogP contribution in [0.5, 0.6) is 0 Å². The molecule has 0 aromatic carbocycles. The van der Waals surface area contributed by atoms with Crippen molar-refractivity contribution in [2.75, 3.05) is 20.1 Å². The van der Waals surface area contributed by atoms with Crippen molar-refractivity contribution < 1.29 is 0 Å². The van der Waals surface area contributed by atoms with Gasteiger partial charge in [-0.1, -0.05) is 12.8 Å². The van der Waals surface area contributed by atoms with Crippen molar-refractivity contribution in [3.05, 3.63) is 42.4 Å². The second-order valence-corrected chi connectivity index (χ2v) is 7.25. The van der Waals surface area contributed by atoms with E-state index in [4.69, 9.17) is 0 Å². The molecular formula is C19H27IN6. The summed E-state index contributed by atoms with van der Waals surface area (Å²) in [6.45, 7) is 3.02. The molecular weight excluding hydrogens is 439 g/mol. The van der Waals surface area contributed by atoms with Gasteiger partial charge in [-0.05, 0) is 48.4 Å². The molecule has 0 bridgehead atoms. The average Bonchev–Trinajstić information content (AvgIpc) is 3.40. The van der Waals surface area contributed by atoms with Crippen LogP contribution in [0.25, 0.3) is 5.82 Å². The Balaban J connectivity index is 0.00000196. The Morgan fingerprint density at radius 2 is 2.12 bits per heavy atom. The molecule has 1 saturated heterocycles. The number of hydrogen-bond acceptors (Lipinski definition) is 3. The third-order valence-electron chi connectivity index (χ3n) is 5.61. The fourth-order valence-electron chi connectivity index (χ4n) is 4.26. The maximum atomic E-state index is 4.51. The molecule has 1 saturated carbocycles. The van der Waals surface area contributed by atoms with Crippen LogP contribution in [-0.2, 0) is 6.54 Å². The molecule has 0 radical (unpaired) electrons. The van der Waals surface area contributed by atoms with E-state index >= 15 is 0 Å². The molecule has 2 aliphatic rings. The monoisotopic (exact) mass is 466 g/mol. The van der Waals surface area contributed by atoms with E-state index < -0.39 is 0 Å². The minimum atomic E-state index is 0. The van der Waals surface area contributed by atoms with Gasteiger partial charge >= 0.3 is 0 Å². The van der Waals surface area contributed by atoms with Crippen molar-refractivity contribution in [1.82, 2.24) is 25.0 Å². The highest BCUT2D eigenvalue weighted by Crippen LogP contribution is 2.45. The molecule has 0 atom stereocenters. The predicted octanol–water partition coefficient (Wildman–Crippen LogP) is 3.23. The second kappa shape index (κ2) is 8.37. The number of halogens is 1. The number of hydrogen-bond donors (Lipinski definition) is 1. The number of pyridine rings is 1. The Morgan fingerprint density at radius 1 is 1.27 bits per heavy atom. The van der Waals surface area contributed by atoms with Gasteiger partial charge in [0.15, 0.2) is 11.8 Å². The molecule has 26 heavy (non-hydrogen) atoms. The van der Waals surface area contributed by atoms with E-state index in [1.807, 2.05) is 31.6 Å². The number of aliphatic imine (C=N–C) groups is 1. The van der Waals surface area contributed by atoms with E-state index in [9.17, 15) is 0 Å². The van der Waals surface area contributed by atoms with Gasteiger partial charge in [0.1, 0.15) is 0 Å². The molecule has 1 N–H and O–H groups in total. The Morgan fingerprint density at radius 3 is 2.85 bits per heavy atom. The molecule has 2 fully saturated rings. The van der Waals surface area contributed by atoms with Crippen LogP contribution in [0.3, 0.4) is 0 Å². The number of rotatable bonds is 3. The zero-order chi connectivity index (χ0) is 17.1. The SMILES string of the molecule is CN=C(NCc1ccnc(-n2cccn2)c1)N1CCC2(CCCC2)C1.I. The van der Waals surface area contributed by atoms with Crippen molar-refractivity contribution in [2.24, 2.45) is 10.4 Å². The summed E-state index contributed by atoms with van der Waals surface area (Å²) in [5.41, 5.74) is 1.73. The van der Waals surface area contributed by atoms with Gasteiger partial charge in [0.2, 0.25) is 0 Å². The minimum absolute atomic E-state index is 0. The van der Waals surface area contributed by atoms with Gasteiger partial charge in [-0.15, -0.1) is 24.0 Å². The zero-order valence-electron chi connectivity index (χ0n) is 15.3. The van der Waals surface area contributed by atoms with Gasteiger partial charge < -0.3 is 10.2 Å². The summed E-state index contributed by atoms with van der Waals surface area (Å²) in [5.74, 6) is 1.85. The highest BCUT2D eigenvalue weighted by atomic mass is 127. The van der Waals surface area contributed by atoms with Crippen LogP contribution in [0, 0.1) is 5.41 Å². The first-order valence-electron chi connectivity index (χ1n) is 9.19. The van der Waals surface area contributed by atoms with Crippen LogP contribution in [0.4, 0.5) is 0 Å². The number of likely N-dealkylation sites (tertiary alicyclic amines) is 1. The van der Waals surface area contributed by atoms with Crippen LogP contribution in [0.2, 0.25) is 0 Å². The average molecular weight is 466 g/mol. The molecule has 2 aromatic heterocycles. The highest BCUT2D eigenvalue weighted by Gasteiger charge is 2.41. The molecule has 7 heteroatoms. The summed E-state index contributed by atoms with van der Waals surface area (Å²) >= 11 is 0. The number of guanidine groups is 1. The molecule has 0 unspecified atom stereocenters. The molecule has 1 spiro atoms. The maximum absolute atomic E-state index is 4.51. The van der Waals surface area contributed by atoms with Crippen LogP contribution in [0.1, 0.15) is 37.7 Å². The molecule has 4 rings (SSSR count). The molecule has 6 nitrogen and oxygen atoms in total. The van der Waals surface area contributed by atoms with E-state index in [1.165, 1.54) is 37.7 Å². The Bertz CT molecular complexity index is 736. The van der Waals surface area contributed by atoms with Gasteiger partial charge in [-0.2, -0.15) is 5.10 Å². The summed E-state index contributed by atoms with van der Waals surface area (Å²) in [6, 6.07) is 6.01. The third-order valence-corrected chi connectivity index (χ3v) is 5.61. The molecule has 1 aliphatic carbocycles. The maximum Gasteiger partial charge on any atom is 0.193 e. The number of nitrogens with zero attached hydrogens (tertiary/aromatic N) is 5. The quantitative estimate of drug-likeness (QED) is 0.429. The third kappa shape index (κ3) is 4.02. The standard InChI is InChI=1S/C19H26N6.HI/c1-20-18(24-12-8-19(15-24)6-2-3-7-19)22-14-16-5-10-21-17(13-16)25-11-4-9-23-25;/h4-5,9-11,13H,2-3,6-8,12,14-15H2,1H3,(H,20,22);1H. The van der Waals surface area contributed by atoms with Crippen molar-refractivity contribution in [3.8, 4) is 5.82 Å². The molecule has 2 aromatic rings. The lowest BCUT2D eigenvalue weighted by molar-refractivity contribution is 0.309. The van der Waals surface area contributed by atoms with E-state index in [0.717, 1.165) is 31.4 Å². The summed E-state index contributed by atoms with van der Waals surface area (Å²) in [5, 5.41) is 7.77. The van der Waals surface area contributed by atoms with E-state index in [0.29, 0.717) is 5.41 Å². The van der Waals surface area contributed by atoms with E-state index in [-0.39, 0.29) is 24.0 Å². The predicted molar refractivity (Wildman–Crippen MR) is 114 cm³/mol. The fraction of sp³-hybridized carbons (Fsp3) is 0.526. The largest absolute Gasteiger partial charge is 0.352 e. The second-order valence-electron chi connectivity index (χ2n) is 7.25. The summed E-state index contributed by atoms with van der Waals surface area (Å²) < 4.78 is 1.78. The van der Waals surface area contributed by atoms with Crippen LogP contribution in [-0.4, -0.2) is 45.8 Å². The zero-order valence-corrected chi connectivity index (χ0v) is 17.6.